The Morgan fingerprint density at radius 2 is 1.74 bits per heavy atom. The molecule has 0 aliphatic heterocycles. The zero-order chi connectivity index (χ0) is 14.7. The van der Waals surface area contributed by atoms with Crippen LogP contribution in [0.25, 0.3) is 0 Å². The predicted molar refractivity (Wildman–Crippen MR) is 80.2 cm³/mol. The molecule has 19 heavy (non-hydrogen) atoms. The van der Waals surface area contributed by atoms with Crippen molar-refractivity contribution in [2.24, 2.45) is 0 Å². The van der Waals surface area contributed by atoms with Gasteiger partial charge in [0.2, 0.25) is 10.0 Å². The van der Waals surface area contributed by atoms with Crippen LogP contribution >= 0.6 is 11.6 Å². The zero-order valence-corrected chi connectivity index (χ0v) is 13.6. The van der Waals surface area contributed by atoms with Gasteiger partial charge >= 0.3 is 0 Å². The summed E-state index contributed by atoms with van der Waals surface area (Å²) in [5, 5.41) is 0. The first-order chi connectivity index (χ1) is 8.75. The van der Waals surface area contributed by atoms with Crippen molar-refractivity contribution in [2.75, 3.05) is 12.9 Å². The summed E-state index contributed by atoms with van der Waals surface area (Å²) in [7, 11) is -1.92. The third-order valence-corrected chi connectivity index (χ3v) is 6.04. The number of rotatable bonds is 6. The van der Waals surface area contributed by atoms with Crippen LogP contribution < -0.4 is 0 Å². The van der Waals surface area contributed by atoms with Gasteiger partial charge in [-0.1, -0.05) is 25.5 Å². The molecule has 0 amide bonds. The molecule has 0 spiro atoms. The maximum atomic E-state index is 12.5. The second-order valence-corrected chi connectivity index (χ2v) is 7.55. The molecule has 1 aromatic rings. The highest BCUT2D eigenvalue weighted by molar-refractivity contribution is 7.89. The van der Waals surface area contributed by atoms with E-state index in [4.69, 9.17) is 11.6 Å². The molecule has 3 nitrogen and oxygen atoms in total. The van der Waals surface area contributed by atoms with E-state index < -0.39 is 15.6 Å². The first-order valence-electron chi connectivity index (χ1n) is 6.39. The Morgan fingerprint density at radius 1 is 1.21 bits per heavy atom. The quantitative estimate of drug-likeness (QED) is 0.756. The van der Waals surface area contributed by atoms with Gasteiger partial charge in [0.25, 0.3) is 0 Å². The molecule has 0 unspecified atom stereocenters. The number of nitrogens with zero attached hydrogens (tertiary/aromatic N) is 1. The largest absolute Gasteiger partial charge is 0.243 e. The Morgan fingerprint density at radius 3 is 2.16 bits per heavy atom. The summed E-state index contributed by atoms with van der Waals surface area (Å²) in [6.45, 7) is 5.72. The number of hydrogen-bond donors (Lipinski definition) is 0. The molecule has 0 atom stereocenters. The lowest BCUT2D eigenvalue weighted by Gasteiger charge is -2.32. The second-order valence-electron chi connectivity index (χ2n) is 5.31. The summed E-state index contributed by atoms with van der Waals surface area (Å²) in [5.41, 5.74) is 0.545. The molecule has 0 aliphatic carbocycles. The molecule has 0 radical (unpaired) electrons. The summed E-state index contributed by atoms with van der Waals surface area (Å²) in [6, 6.07) is 7.08. The van der Waals surface area contributed by atoms with E-state index in [0.29, 0.717) is 4.90 Å². The molecule has 0 fully saturated rings. The Balaban J connectivity index is 3.07. The van der Waals surface area contributed by atoms with E-state index in [1.165, 1.54) is 4.31 Å². The van der Waals surface area contributed by atoms with Gasteiger partial charge in [0.1, 0.15) is 0 Å². The van der Waals surface area contributed by atoms with Crippen molar-refractivity contribution in [1.82, 2.24) is 4.31 Å². The lowest BCUT2D eigenvalue weighted by molar-refractivity contribution is 0.296. The second kappa shape index (κ2) is 6.25. The van der Waals surface area contributed by atoms with Gasteiger partial charge in [0, 0.05) is 18.5 Å². The van der Waals surface area contributed by atoms with Crippen LogP contribution in [0.5, 0.6) is 0 Å². The van der Waals surface area contributed by atoms with Gasteiger partial charge in [0.15, 0.2) is 0 Å². The predicted octanol–water partition coefficient (Wildman–Crippen LogP) is 3.28. The van der Waals surface area contributed by atoms with Gasteiger partial charge in [-0.15, -0.1) is 11.6 Å². The lowest BCUT2D eigenvalue weighted by atomic mass is 10.1. The average molecular weight is 304 g/mol. The van der Waals surface area contributed by atoms with E-state index in [-0.39, 0.29) is 5.88 Å². The van der Waals surface area contributed by atoms with Crippen LogP contribution in [0.3, 0.4) is 0 Å². The molecule has 0 saturated carbocycles. The summed E-state index contributed by atoms with van der Waals surface area (Å²) in [4.78, 5) is 0.313. The van der Waals surface area contributed by atoms with Crippen LogP contribution in [-0.4, -0.2) is 31.2 Å². The maximum absolute atomic E-state index is 12.5. The number of alkyl halides is 1. The van der Waals surface area contributed by atoms with E-state index in [1.54, 1.807) is 19.2 Å². The molecule has 1 aromatic carbocycles. The Kier molecular flexibility index (Phi) is 5.42. The van der Waals surface area contributed by atoms with Gasteiger partial charge in [-0.3, -0.25) is 0 Å². The van der Waals surface area contributed by atoms with Gasteiger partial charge in [-0.25, -0.2) is 8.42 Å². The van der Waals surface area contributed by atoms with Crippen molar-refractivity contribution in [3.63, 3.8) is 0 Å². The normalized spacial score (nSPS) is 12.9. The minimum atomic E-state index is -3.49. The molecule has 5 heteroatoms. The van der Waals surface area contributed by atoms with E-state index in [9.17, 15) is 8.42 Å². The summed E-state index contributed by atoms with van der Waals surface area (Å²) in [5.74, 6) is 0.247. The fraction of sp³-hybridized carbons (Fsp3) is 0.571. The van der Waals surface area contributed by atoms with E-state index in [1.807, 2.05) is 26.0 Å². The molecule has 0 aromatic heterocycles. The third-order valence-electron chi connectivity index (χ3n) is 3.30. The van der Waals surface area contributed by atoms with Crippen molar-refractivity contribution < 1.29 is 8.42 Å². The van der Waals surface area contributed by atoms with Crippen LogP contribution in [0.1, 0.15) is 32.8 Å². The Bertz CT molecular complexity index is 509. The Hall–Kier alpha value is -0.580. The molecule has 0 heterocycles. The summed E-state index contributed by atoms with van der Waals surface area (Å²) < 4.78 is 26.3. The highest BCUT2D eigenvalue weighted by atomic mass is 35.5. The fourth-order valence-electron chi connectivity index (χ4n) is 1.68. The van der Waals surface area contributed by atoms with Crippen molar-refractivity contribution >= 4 is 21.6 Å². The topological polar surface area (TPSA) is 37.4 Å². The third kappa shape index (κ3) is 3.71. The molecular weight excluding hydrogens is 282 g/mol. The van der Waals surface area contributed by atoms with Crippen LogP contribution in [0.15, 0.2) is 29.2 Å². The molecule has 0 aliphatic rings. The van der Waals surface area contributed by atoms with Crippen LogP contribution in [0, 0.1) is 0 Å². The van der Waals surface area contributed by atoms with Crippen molar-refractivity contribution in [3.8, 4) is 0 Å². The number of benzene rings is 1. The van der Waals surface area contributed by atoms with E-state index >= 15 is 0 Å². The fourth-order valence-corrected chi connectivity index (χ4v) is 3.45. The molecule has 0 bridgehead atoms. The van der Waals surface area contributed by atoms with E-state index in [2.05, 4.69) is 6.92 Å². The smallest absolute Gasteiger partial charge is 0.207 e. The summed E-state index contributed by atoms with van der Waals surface area (Å²) >= 11 is 5.84. The minimum Gasteiger partial charge on any atom is -0.207 e. The van der Waals surface area contributed by atoms with Gasteiger partial charge < -0.3 is 0 Å². The summed E-state index contributed by atoms with van der Waals surface area (Å²) in [6.07, 6.45) is 2.01. The molecular formula is C14H22ClNO2S. The van der Waals surface area contributed by atoms with Crippen molar-refractivity contribution in [3.05, 3.63) is 29.8 Å². The molecule has 0 N–H and O–H groups in total. The number of halogens is 1. The van der Waals surface area contributed by atoms with Crippen molar-refractivity contribution in [2.45, 2.75) is 44.0 Å². The molecule has 108 valence electrons. The standard InChI is InChI=1S/C14H22ClNO2S/c1-5-6-12-7-9-13(10-8-12)19(17,18)16(4)14(2,3)11-15/h7-10H,5-6,11H2,1-4H3. The van der Waals surface area contributed by atoms with Gasteiger partial charge in [-0.2, -0.15) is 4.31 Å². The Labute approximate surface area is 121 Å². The molecule has 0 saturated heterocycles. The van der Waals surface area contributed by atoms with Crippen molar-refractivity contribution in [1.29, 1.82) is 0 Å². The number of sulfonamides is 1. The SMILES string of the molecule is CCCc1ccc(S(=O)(=O)N(C)C(C)(C)CCl)cc1. The van der Waals surface area contributed by atoms with Crippen LogP contribution in [-0.2, 0) is 16.4 Å². The van der Waals surface area contributed by atoms with E-state index in [0.717, 1.165) is 18.4 Å². The number of aryl methyl sites for hydroxylation is 1. The highest BCUT2D eigenvalue weighted by Gasteiger charge is 2.33. The number of hydrogen-bond acceptors (Lipinski definition) is 2. The zero-order valence-electron chi connectivity index (χ0n) is 12.0. The maximum Gasteiger partial charge on any atom is 0.243 e. The molecule has 1 rings (SSSR count). The first kappa shape index (κ1) is 16.5. The monoisotopic (exact) mass is 303 g/mol. The van der Waals surface area contributed by atoms with Gasteiger partial charge in [0.05, 0.1) is 4.90 Å². The highest BCUT2D eigenvalue weighted by Crippen LogP contribution is 2.24. The van der Waals surface area contributed by atoms with Crippen LogP contribution in [0.2, 0.25) is 0 Å². The average Bonchev–Trinajstić information content (AvgIpc) is 2.39. The van der Waals surface area contributed by atoms with Gasteiger partial charge in [-0.05, 0) is 38.0 Å². The lowest BCUT2D eigenvalue weighted by Crippen LogP contribution is -2.46. The minimum absolute atomic E-state index is 0.247. The van der Waals surface area contributed by atoms with Crippen LogP contribution in [0.4, 0.5) is 0 Å². The first-order valence-corrected chi connectivity index (χ1v) is 8.37.